The summed E-state index contributed by atoms with van der Waals surface area (Å²) in [5, 5.41) is 2.87. The lowest BCUT2D eigenvalue weighted by Crippen LogP contribution is -2.37. The minimum Gasteiger partial charge on any atom is -0.380 e. The lowest BCUT2D eigenvalue weighted by Gasteiger charge is -2.22. The van der Waals surface area contributed by atoms with Crippen LogP contribution in [0.2, 0.25) is 0 Å². The third kappa shape index (κ3) is 4.25. The van der Waals surface area contributed by atoms with Gasteiger partial charge in [-0.3, -0.25) is 9.59 Å². The number of hydrogen-bond acceptors (Lipinski definition) is 3. The van der Waals surface area contributed by atoms with Crippen LogP contribution in [0.25, 0.3) is 0 Å². The molecule has 1 aliphatic rings. The Hall–Kier alpha value is -2.66. The molecule has 0 unspecified atom stereocenters. The first-order valence-electron chi connectivity index (χ1n) is 8.43. The lowest BCUT2D eigenvalue weighted by molar-refractivity contribution is -0.121. The second-order valence-electron chi connectivity index (χ2n) is 6.14. The molecular formula is C20H22N2O3. The van der Waals surface area contributed by atoms with Gasteiger partial charge in [-0.1, -0.05) is 30.3 Å². The summed E-state index contributed by atoms with van der Waals surface area (Å²) in [4.78, 5) is 26.5. The zero-order valence-electron chi connectivity index (χ0n) is 14.3. The van der Waals surface area contributed by atoms with Crippen LogP contribution >= 0.6 is 0 Å². The zero-order valence-corrected chi connectivity index (χ0v) is 14.3. The zero-order chi connectivity index (χ0) is 17.6. The van der Waals surface area contributed by atoms with Gasteiger partial charge in [0.2, 0.25) is 11.8 Å². The van der Waals surface area contributed by atoms with Gasteiger partial charge in [0, 0.05) is 24.9 Å². The highest BCUT2D eigenvalue weighted by atomic mass is 16.5. The summed E-state index contributed by atoms with van der Waals surface area (Å²) in [7, 11) is 1.63. The van der Waals surface area contributed by atoms with Crippen LogP contribution < -0.4 is 10.2 Å². The van der Waals surface area contributed by atoms with E-state index in [9.17, 15) is 9.59 Å². The van der Waals surface area contributed by atoms with Crippen molar-refractivity contribution in [2.45, 2.75) is 25.9 Å². The van der Waals surface area contributed by atoms with E-state index >= 15 is 0 Å². The summed E-state index contributed by atoms with van der Waals surface area (Å²) >= 11 is 0. The van der Waals surface area contributed by atoms with Gasteiger partial charge in [0.25, 0.3) is 0 Å². The summed E-state index contributed by atoms with van der Waals surface area (Å²) in [6, 6.07) is 15.3. The number of rotatable bonds is 5. The van der Waals surface area contributed by atoms with Crippen LogP contribution in [0.15, 0.2) is 48.5 Å². The van der Waals surface area contributed by atoms with Crippen LogP contribution in [0, 0.1) is 0 Å². The number of carbonyl (C=O) groups is 2. The van der Waals surface area contributed by atoms with Crippen LogP contribution in [0.5, 0.6) is 0 Å². The van der Waals surface area contributed by atoms with E-state index in [1.54, 1.807) is 12.0 Å². The number of ether oxygens (including phenoxy) is 1. The van der Waals surface area contributed by atoms with Crippen molar-refractivity contribution in [1.29, 1.82) is 0 Å². The molecule has 0 atom stereocenters. The Kier molecular flexibility index (Phi) is 5.46. The molecule has 5 nitrogen and oxygen atoms in total. The predicted octanol–water partition coefficient (Wildman–Crippen LogP) is 3.14. The van der Waals surface area contributed by atoms with Crippen LogP contribution in [0.4, 0.5) is 11.4 Å². The minimum atomic E-state index is -0.209. The van der Waals surface area contributed by atoms with Crippen molar-refractivity contribution >= 4 is 23.2 Å². The second-order valence-corrected chi connectivity index (χ2v) is 6.14. The Labute approximate surface area is 147 Å². The molecule has 0 radical (unpaired) electrons. The molecule has 0 bridgehead atoms. The van der Waals surface area contributed by atoms with Gasteiger partial charge in [0.15, 0.2) is 0 Å². The first kappa shape index (κ1) is 17.2. The molecule has 0 aromatic heterocycles. The topological polar surface area (TPSA) is 58.6 Å². The smallest absolute Gasteiger partial charge is 0.244 e. The highest BCUT2D eigenvalue weighted by molar-refractivity contribution is 6.03. The molecule has 0 saturated carbocycles. The predicted molar refractivity (Wildman–Crippen MR) is 97.5 cm³/mol. The molecule has 2 aromatic rings. The Morgan fingerprint density at radius 1 is 1.16 bits per heavy atom. The largest absolute Gasteiger partial charge is 0.380 e. The average Bonchev–Trinajstić information content (AvgIpc) is 2.75. The van der Waals surface area contributed by atoms with Crippen molar-refractivity contribution in [3.8, 4) is 0 Å². The molecule has 0 saturated heterocycles. The summed E-state index contributed by atoms with van der Waals surface area (Å²) in [5.74, 6) is -0.215. The van der Waals surface area contributed by atoms with Gasteiger partial charge < -0.3 is 15.0 Å². The van der Waals surface area contributed by atoms with Gasteiger partial charge in [-0.25, -0.2) is 0 Å². The highest BCUT2D eigenvalue weighted by Gasteiger charge is 2.23. The summed E-state index contributed by atoms with van der Waals surface area (Å²) in [5.41, 5.74) is 3.64. The highest BCUT2D eigenvalue weighted by Crippen LogP contribution is 2.26. The van der Waals surface area contributed by atoms with Crippen molar-refractivity contribution in [3.05, 3.63) is 59.7 Å². The normalized spacial score (nSPS) is 14.0. The van der Waals surface area contributed by atoms with Crippen molar-refractivity contribution in [3.63, 3.8) is 0 Å². The quantitative estimate of drug-likeness (QED) is 0.911. The van der Waals surface area contributed by atoms with Gasteiger partial charge in [-0.05, 0) is 42.2 Å². The molecule has 0 fully saturated rings. The molecule has 25 heavy (non-hydrogen) atoms. The maximum absolute atomic E-state index is 12.5. The summed E-state index contributed by atoms with van der Waals surface area (Å²) < 4.78 is 5.11. The molecule has 2 aromatic carbocycles. The van der Waals surface area contributed by atoms with E-state index in [-0.39, 0.29) is 18.4 Å². The molecule has 5 heteroatoms. The number of benzene rings is 2. The first-order chi connectivity index (χ1) is 12.2. The summed E-state index contributed by atoms with van der Waals surface area (Å²) in [6.07, 6.45) is 2.14. The molecule has 1 N–H and O–H groups in total. The van der Waals surface area contributed by atoms with Gasteiger partial charge in [0.1, 0.15) is 6.54 Å². The molecular weight excluding hydrogens is 316 g/mol. The van der Waals surface area contributed by atoms with Crippen LogP contribution in [0.3, 0.4) is 0 Å². The maximum Gasteiger partial charge on any atom is 0.244 e. The van der Waals surface area contributed by atoms with Gasteiger partial charge in [0.05, 0.1) is 6.61 Å². The fourth-order valence-corrected chi connectivity index (χ4v) is 3.11. The number of hydrogen-bond donors (Lipinski definition) is 1. The van der Waals surface area contributed by atoms with Gasteiger partial charge >= 0.3 is 0 Å². The number of methoxy groups -OCH3 is 1. The number of nitrogens with zero attached hydrogens (tertiary/aromatic N) is 1. The SMILES string of the molecule is COCc1cccc(NC(=O)CN2C(=O)CCCc3ccccc32)c1. The number of aryl methyl sites for hydroxylation is 1. The fraction of sp³-hybridized carbons (Fsp3) is 0.300. The third-order valence-electron chi connectivity index (χ3n) is 4.24. The number of amides is 2. The molecule has 2 amide bonds. The van der Waals surface area contributed by atoms with Gasteiger partial charge in [-0.2, -0.15) is 0 Å². The van der Waals surface area contributed by atoms with Crippen molar-refractivity contribution in [1.82, 2.24) is 0 Å². The monoisotopic (exact) mass is 338 g/mol. The Morgan fingerprint density at radius 3 is 2.84 bits per heavy atom. The summed E-state index contributed by atoms with van der Waals surface area (Å²) in [6.45, 7) is 0.506. The fourth-order valence-electron chi connectivity index (χ4n) is 3.11. The van der Waals surface area contributed by atoms with Crippen LogP contribution in [0.1, 0.15) is 24.0 Å². The van der Waals surface area contributed by atoms with Crippen molar-refractivity contribution < 1.29 is 14.3 Å². The second kappa shape index (κ2) is 7.94. The number of para-hydroxylation sites is 1. The van der Waals surface area contributed by atoms with E-state index in [1.807, 2.05) is 48.5 Å². The van der Waals surface area contributed by atoms with Crippen molar-refractivity contribution in [2.75, 3.05) is 23.9 Å². The molecule has 0 spiro atoms. The van der Waals surface area contributed by atoms with Gasteiger partial charge in [-0.15, -0.1) is 0 Å². The molecule has 0 aliphatic carbocycles. The van der Waals surface area contributed by atoms with E-state index < -0.39 is 0 Å². The lowest BCUT2D eigenvalue weighted by atomic mass is 10.1. The van der Waals surface area contributed by atoms with Crippen molar-refractivity contribution in [2.24, 2.45) is 0 Å². The Morgan fingerprint density at radius 2 is 2.00 bits per heavy atom. The van der Waals surface area contributed by atoms with E-state index in [2.05, 4.69) is 5.32 Å². The molecule has 1 aliphatic heterocycles. The van der Waals surface area contributed by atoms with E-state index in [1.165, 1.54) is 0 Å². The Balaban J connectivity index is 1.73. The number of nitrogens with one attached hydrogen (secondary N) is 1. The average molecular weight is 338 g/mol. The standard InChI is InChI=1S/C20H22N2O3/c1-25-14-15-6-4-9-17(12-15)21-19(23)13-22-18-10-3-2-7-16(18)8-5-11-20(22)24/h2-4,6-7,9-10,12H,5,8,11,13-14H2,1H3,(H,21,23). The van der Waals surface area contributed by atoms with E-state index in [4.69, 9.17) is 4.74 Å². The third-order valence-corrected chi connectivity index (χ3v) is 4.24. The minimum absolute atomic E-state index is 0.00627. The van der Waals surface area contributed by atoms with Crippen LogP contribution in [-0.4, -0.2) is 25.5 Å². The maximum atomic E-state index is 12.5. The van der Waals surface area contributed by atoms with Crippen LogP contribution in [-0.2, 0) is 27.4 Å². The molecule has 1 heterocycles. The van der Waals surface area contributed by atoms with E-state index in [0.717, 1.165) is 29.7 Å². The number of fused-ring (bicyclic) bond motifs is 1. The number of carbonyl (C=O) groups excluding carboxylic acids is 2. The molecule has 130 valence electrons. The Bertz CT molecular complexity index is 773. The number of anilines is 2. The van der Waals surface area contributed by atoms with E-state index in [0.29, 0.717) is 18.7 Å². The molecule has 3 rings (SSSR count). The first-order valence-corrected chi connectivity index (χ1v) is 8.43.